The summed E-state index contributed by atoms with van der Waals surface area (Å²) in [5.41, 5.74) is 1.48. The van der Waals surface area contributed by atoms with Gasteiger partial charge in [-0.25, -0.2) is 0 Å². The Kier molecular flexibility index (Phi) is 4.03. The predicted octanol–water partition coefficient (Wildman–Crippen LogP) is 3.63. The summed E-state index contributed by atoms with van der Waals surface area (Å²) >= 11 is 0. The molecule has 1 unspecified atom stereocenters. The highest BCUT2D eigenvalue weighted by atomic mass is 16.5. The van der Waals surface area contributed by atoms with E-state index in [1.165, 1.54) is 12.5 Å². The lowest BCUT2D eigenvalue weighted by molar-refractivity contribution is -0.148. The van der Waals surface area contributed by atoms with Gasteiger partial charge in [-0.3, -0.25) is 4.79 Å². The summed E-state index contributed by atoms with van der Waals surface area (Å²) in [6.07, 6.45) is 12.6. The van der Waals surface area contributed by atoms with E-state index in [1.807, 2.05) is 0 Å². The molecular weight excluding hydrogens is 212 g/mol. The number of carbonyl (C=O) groups excluding carboxylic acids is 1. The van der Waals surface area contributed by atoms with Crippen LogP contribution in [0.5, 0.6) is 0 Å². The van der Waals surface area contributed by atoms with Gasteiger partial charge in [0.2, 0.25) is 0 Å². The molecule has 2 aliphatic rings. The predicted molar refractivity (Wildman–Crippen MR) is 68.5 cm³/mol. The van der Waals surface area contributed by atoms with E-state index in [0.29, 0.717) is 11.8 Å². The van der Waals surface area contributed by atoms with Crippen LogP contribution in [0.15, 0.2) is 23.8 Å². The molecule has 17 heavy (non-hydrogen) atoms. The summed E-state index contributed by atoms with van der Waals surface area (Å²) in [4.78, 5) is 11.0. The lowest BCUT2D eigenvalue weighted by Crippen LogP contribution is -2.31. The Bertz CT molecular complexity index is 341. The number of allylic oxidation sites excluding steroid dienone is 4. The van der Waals surface area contributed by atoms with E-state index >= 15 is 0 Å². The SMILES string of the molecule is CC(=O)OC1CC[C@H]2/C=C\CC/C=C(/C)[C@@H]2C1. The van der Waals surface area contributed by atoms with Crippen LogP contribution in [0, 0.1) is 11.8 Å². The maximum absolute atomic E-state index is 11.0. The van der Waals surface area contributed by atoms with E-state index in [-0.39, 0.29) is 12.1 Å². The van der Waals surface area contributed by atoms with Crippen molar-refractivity contribution in [3.8, 4) is 0 Å². The average molecular weight is 234 g/mol. The van der Waals surface area contributed by atoms with Gasteiger partial charge in [0.25, 0.3) is 0 Å². The van der Waals surface area contributed by atoms with Crippen molar-refractivity contribution in [3.05, 3.63) is 23.8 Å². The van der Waals surface area contributed by atoms with Crippen LogP contribution < -0.4 is 0 Å². The van der Waals surface area contributed by atoms with Crippen LogP contribution in [0.2, 0.25) is 0 Å². The second kappa shape index (κ2) is 5.52. The van der Waals surface area contributed by atoms with Crippen molar-refractivity contribution < 1.29 is 9.53 Å². The van der Waals surface area contributed by atoms with Crippen LogP contribution in [0.25, 0.3) is 0 Å². The Morgan fingerprint density at radius 1 is 1.35 bits per heavy atom. The van der Waals surface area contributed by atoms with Gasteiger partial charge in [-0.15, -0.1) is 0 Å². The van der Waals surface area contributed by atoms with E-state index in [4.69, 9.17) is 4.74 Å². The number of ether oxygens (including phenoxy) is 1. The van der Waals surface area contributed by atoms with Crippen molar-refractivity contribution in [2.24, 2.45) is 11.8 Å². The molecule has 1 fully saturated rings. The highest BCUT2D eigenvalue weighted by Crippen LogP contribution is 2.38. The average Bonchev–Trinajstić information content (AvgIpc) is 2.26. The smallest absolute Gasteiger partial charge is 0.302 e. The van der Waals surface area contributed by atoms with Crippen molar-refractivity contribution in [3.63, 3.8) is 0 Å². The Labute approximate surface area is 104 Å². The van der Waals surface area contributed by atoms with E-state index in [0.717, 1.165) is 32.1 Å². The van der Waals surface area contributed by atoms with Gasteiger partial charge < -0.3 is 4.74 Å². The zero-order valence-electron chi connectivity index (χ0n) is 10.8. The fourth-order valence-electron chi connectivity index (χ4n) is 3.08. The number of hydrogen-bond acceptors (Lipinski definition) is 2. The molecule has 2 aliphatic carbocycles. The largest absolute Gasteiger partial charge is 0.463 e. The monoisotopic (exact) mass is 234 g/mol. The molecule has 0 N–H and O–H groups in total. The van der Waals surface area contributed by atoms with Crippen LogP contribution in [-0.4, -0.2) is 12.1 Å². The van der Waals surface area contributed by atoms with Gasteiger partial charge in [-0.1, -0.05) is 23.8 Å². The molecule has 0 bridgehead atoms. The molecule has 2 nitrogen and oxygen atoms in total. The molecule has 1 saturated carbocycles. The van der Waals surface area contributed by atoms with Crippen LogP contribution in [0.1, 0.15) is 46.0 Å². The normalized spacial score (nSPS) is 38.0. The molecule has 0 heterocycles. The van der Waals surface area contributed by atoms with Crippen LogP contribution in [0.3, 0.4) is 0 Å². The van der Waals surface area contributed by atoms with Crippen LogP contribution in [-0.2, 0) is 9.53 Å². The highest BCUT2D eigenvalue weighted by molar-refractivity contribution is 5.66. The molecular formula is C15H22O2. The zero-order valence-corrected chi connectivity index (χ0v) is 10.8. The van der Waals surface area contributed by atoms with Gasteiger partial charge in [0.1, 0.15) is 6.10 Å². The lowest BCUT2D eigenvalue weighted by Gasteiger charge is -2.35. The first-order valence-electron chi connectivity index (χ1n) is 6.67. The summed E-state index contributed by atoms with van der Waals surface area (Å²) < 4.78 is 5.37. The number of carbonyl (C=O) groups is 1. The van der Waals surface area contributed by atoms with Gasteiger partial charge in [0.15, 0.2) is 0 Å². The second-order valence-corrected chi connectivity index (χ2v) is 5.27. The van der Waals surface area contributed by atoms with Crippen molar-refractivity contribution in [2.75, 3.05) is 0 Å². The standard InChI is InChI=1S/C15H22O2/c1-11-6-4-3-5-7-13-8-9-14(10-15(11)13)17-12(2)16/h5-7,13-15H,3-4,8-10H2,1-2H3/b7-5-,11-6-/t13-,14?,15+/m1/s1. The first-order valence-corrected chi connectivity index (χ1v) is 6.67. The third kappa shape index (κ3) is 3.21. The molecule has 2 rings (SSSR count). The maximum Gasteiger partial charge on any atom is 0.302 e. The quantitative estimate of drug-likeness (QED) is 0.511. The summed E-state index contributed by atoms with van der Waals surface area (Å²) in [7, 11) is 0. The minimum atomic E-state index is -0.142. The first kappa shape index (κ1) is 12.4. The first-order chi connectivity index (χ1) is 8.16. The molecule has 94 valence electrons. The van der Waals surface area contributed by atoms with Crippen molar-refractivity contribution in [1.29, 1.82) is 0 Å². The molecule has 0 saturated heterocycles. The molecule has 0 amide bonds. The summed E-state index contributed by atoms with van der Waals surface area (Å²) in [5, 5.41) is 0. The fraction of sp³-hybridized carbons (Fsp3) is 0.667. The third-order valence-electron chi connectivity index (χ3n) is 3.96. The molecule has 0 aliphatic heterocycles. The van der Waals surface area contributed by atoms with Crippen molar-refractivity contribution in [2.45, 2.75) is 52.1 Å². The highest BCUT2D eigenvalue weighted by Gasteiger charge is 2.31. The molecule has 2 heteroatoms. The zero-order chi connectivity index (χ0) is 12.3. The number of hydrogen-bond donors (Lipinski definition) is 0. The lowest BCUT2D eigenvalue weighted by atomic mass is 9.73. The van der Waals surface area contributed by atoms with E-state index in [1.54, 1.807) is 0 Å². The molecule has 0 spiro atoms. The number of rotatable bonds is 1. The molecule has 0 aromatic carbocycles. The second-order valence-electron chi connectivity index (χ2n) is 5.27. The van der Waals surface area contributed by atoms with Gasteiger partial charge in [0, 0.05) is 6.92 Å². The fourth-order valence-corrected chi connectivity index (χ4v) is 3.08. The van der Waals surface area contributed by atoms with E-state index in [2.05, 4.69) is 25.2 Å². The summed E-state index contributed by atoms with van der Waals surface area (Å²) in [6.45, 7) is 3.74. The topological polar surface area (TPSA) is 26.3 Å². The van der Waals surface area contributed by atoms with Crippen molar-refractivity contribution >= 4 is 5.97 Å². The van der Waals surface area contributed by atoms with Gasteiger partial charge in [0.05, 0.1) is 0 Å². The van der Waals surface area contributed by atoms with Crippen LogP contribution >= 0.6 is 0 Å². The van der Waals surface area contributed by atoms with E-state index < -0.39 is 0 Å². The Morgan fingerprint density at radius 2 is 2.18 bits per heavy atom. The van der Waals surface area contributed by atoms with Gasteiger partial charge >= 0.3 is 5.97 Å². The van der Waals surface area contributed by atoms with Crippen molar-refractivity contribution in [1.82, 2.24) is 0 Å². The van der Waals surface area contributed by atoms with Gasteiger partial charge in [-0.2, -0.15) is 0 Å². The Balaban J connectivity index is 2.06. The van der Waals surface area contributed by atoms with Gasteiger partial charge in [-0.05, 0) is 50.9 Å². The molecule has 3 atom stereocenters. The molecule has 0 aromatic rings. The number of fused-ring (bicyclic) bond motifs is 1. The summed E-state index contributed by atoms with van der Waals surface area (Å²) in [6, 6.07) is 0. The maximum atomic E-state index is 11.0. The molecule has 0 radical (unpaired) electrons. The minimum absolute atomic E-state index is 0.130. The number of esters is 1. The Morgan fingerprint density at radius 3 is 2.94 bits per heavy atom. The van der Waals surface area contributed by atoms with Crippen LogP contribution in [0.4, 0.5) is 0 Å². The minimum Gasteiger partial charge on any atom is -0.463 e. The third-order valence-corrected chi connectivity index (χ3v) is 3.96. The van der Waals surface area contributed by atoms with E-state index in [9.17, 15) is 4.79 Å². The summed E-state index contributed by atoms with van der Waals surface area (Å²) in [5.74, 6) is 1.08. The Hall–Kier alpha value is -1.05. The molecule has 0 aromatic heterocycles.